The van der Waals surface area contributed by atoms with E-state index in [0.29, 0.717) is 12.8 Å². The zero-order valence-corrected chi connectivity index (χ0v) is 16.5. The molecule has 0 aromatic carbocycles. The van der Waals surface area contributed by atoms with E-state index in [2.05, 4.69) is 16.0 Å². The molecule has 11 heteroatoms. The average molecular weight is 409 g/mol. The second-order valence-corrected chi connectivity index (χ2v) is 6.51. The van der Waals surface area contributed by atoms with Crippen molar-refractivity contribution in [2.45, 2.75) is 51.6 Å². The van der Waals surface area contributed by atoms with Gasteiger partial charge in [0.1, 0.15) is 6.04 Å². The summed E-state index contributed by atoms with van der Waals surface area (Å²) >= 11 is 0. The molecule has 0 radical (unpaired) electrons. The second kappa shape index (κ2) is 11.6. The van der Waals surface area contributed by atoms with Crippen molar-refractivity contribution in [2.24, 2.45) is 5.73 Å². The molecule has 160 valence electrons. The number of imide groups is 1. The van der Waals surface area contributed by atoms with Gasteiger partial charge >= 0.3 is 6.03 Å². The molecule has 0 saturated heterocycles. The Morgan fingerprint density at radius 3 is 2.28 bits per heavy atom. The number of nitrogens with two attached hydrogens (primary N) is 1. The predicted octanol–water partition coefficient (Wildman–Crippen LogP) is -1.28. The van der Waals surface area contributed by atoms with Crippen LogP contribution in [0.15, 0.2) is 12.2 Å². The Labute approximate surface area is 168 Å². The van der Waals surface area contributed by atoms with E-state index in [9.17, 15) is 28.8 Å². The molecule has 5 N–H and O–H groups in total. The molecule has 0 aromatic rings. The van der Waals surface area contributed by atoms with Crippen molar-refractivity contribution in [2.75, 3.05) is 13.1 Å². The number of hydrogen-bond donors (Lipinski definition) is 4. The quantitative estimate of drug-likeness (QED) is 0.231. The van der Waals surface area contributed by atoms with Crippen molar-refractivity contribution in [1.82, 2.24) is 20.9 Å². The van der Waals surface area contributed by atoms with Crippen LogP contribution in [0.3, 0.4) is 0 Å². The topological polar surface area (TPSA) is 168 Å². The number of ketones is 1. The van der Waals surface area contributed by atoms with Gasteiger partial charge in [-0.3, -0.25) is 28.9 Å². The lowest BCUT2D eigenvalue weighted by Crippen LogP contribution is -2.50. The molecule has 29 heavy (non-hydrogen) atoms. The van der Waals surface area contributed by atoms with E-state index < -0.39 is 41.7 Å². The Balaban J connectivity index is 2.46. The summed E-state index contributed by atoms with van der Waals surface area (Å²) in [6.07, 6.45) is 3.08. The van der Waals surface area contributed by atoms with Gasteiger partial charge in [0.05, 0.1) is 6.04 Å². The van der Waals surface area contributed by atoms with E-state index in [1.807, 2.05) is 0 Å². The van der Waals surface area contributed by atoms with Crippen molar-refractivity contribution in [3.63, 3.8) is 0 Å². The third-order valence-electron chi connectivity index (χ3n) is 4.26. The number of Topliss-reactive ketones (excluding diaryl/α,β-unsaturated/α-hetero) is 1. The summed E-state index contributed by atoms with van der Waals surface area (Å²) in [6, 6.07) is -2.33. The summed E-state index contributed by atoms with van der Waals surface area (Å²) in [6.45, 7) is 3.32. The summed E-state index contributed by atoms with van der Waals surface area (Å²) in [5, 5.41) is 7.47. The molecule has 0 spiro atoms. The molecule has 1 rings (SSSR count). The smallest absolute Gasteiger partial charge is 0.312 e. The molecule has 6 amide bonds. The first-order chi connectivity index (χ1) is 13.6. The van der Waals surface area contributed by atoms with Crippen LogP contribution in [-0.2, 0) is 24.0 Å². The van der Waals surface area contributed by atoms with E-state index in [4.69, 9.17) is 5.73 Å². The van der Waals surface area contributed by atoms with E-state index in [-0.39, 0.29) is 31.7 Å². The number of carbonyl (C=O) groups is 6. The van der Waals surface area contributed by atoms with Gasteiger partial charge in [0, 0.05) is 38.1 Å². The summed E-state index contributed by atoms with van der Waals surface area (Å²) in [5.74, 6) is -2.19. The van der Waals surface area contributed by atoms with Crippen molar-refractivity contribution in [3.8, 4) is 0 Å². The molecule has 0 aromatic heterocycles. The van der Waals surface area contributed by atoms with E-state index >= 15 is 0 Å². The van der Waals surface area contributed by atoms with Crippen LogP contribution in [0.4, 0.5) is 4.79 Å². The van der Waals surface area contributed by atoms with Crippen molar-refractivity contribution < 1.29 is 28.8 Å². The summed E-state index contributed by atoms with van der Waals surface area (Å²) in [4.78, 5) is 70.9. The molecule has 1 aliphatic rings. The molecule has 0 aliphatic carbocycles. The van der Waals surface area contributed by atoms with Crippen LogP contribution in [-0.4, -0.2) is 65.5 Å². The van der Waals surface area contributed by atoms with Crippen molar-refractivity contribution in [3.05, 3.63) is 12.2 Å². The standard InChI is InChI=1S/C18H27N5O6/c1-3-13(24)12(5-4-9-20-18(19)29)22-17(28)11(2)21-14(25)8-10-23-15(26)6-7-16(23)27/h6-7,11-12H,3-5,8-10H2,1-2H3,(H,21,25)(H,22,28)(H3,19,20,29)/t11-,12-/m0/s1. The van der Waals surface area contributed by atoms with E-state index in [1.165, 1.54) is 6.92 Å². The van der Waals surface area contributed by atoms with Gasteiger partial charge in [0.15, 0.2) is 5.78 Å². The monoisotopic (exact) mass is 409 g/mol. The predicted molar refractivity (Wildman–Crippen MR) is 102 cm³/mol. The summed E-state index contributed by atoms with van der Waals surface area (Å²) in [5.41, 5.74) is 4.97. The number of urea groups is 1. The van der Waals surface area contributed by atoms with Gasteiger partial charge in [0.25, 0.3) is 11.8 Å². The maximum atomic E-state index is 12.3. The van der Waals surface area contributed by atoms with E-state index in [0.717, 1.165) is 17.1 Å². The molecule has 1 heterocycles. The third kappa shape index (κ3) is 8.11. The fourth-order valence-corrected chi connectivity index (χ4v) is 2.62. The molecular weight excluding hydrogens is 382 g/mol. The summed E-state index contributed by atoms with van der Waals surface area (Å²) < 4.78 is 0. The van der Waals surface area contributed by atoms with Crippen molar-refractivity contribution in [1.29, 1.82) is 0 Å². The van der Waals surface area contributed by atoms with Crippen LogP contribution in [0, 0.1) is 0 Å². The number of hydrogen-bond acceptors (Lipinski definition) is 6. The third-order valence-corrected chi connectivity index (χ3v) is 4.26. The number of amides is 6. The highest BCUT2D eigenvalue weighted by Gasteiger charge is 2.25. The maximum absolute atomic E-state index is 12.3. The molecule has 0 saturated carbocycles. The zero-order chi connectivity index (χ0) is 22.0. The van der Waals surface area contributed by atoms with Crippen LogP contribution < -0.4 is 21.7 Å². The lowest BCUT2D eigenvalue weighted by Gasteiger charge is -2.21. The zero-order valence-electron chi connectivity index (χ0n) is 16.5. The number of carbonyl (C=O) groups excluding carboxylic acids is 6. The average Bonchev–Trinajstić information content (AvgIpc) is 2.99. The molecule has 0 fully saturated rings. The van der Waals surface area contributed by atoms with E-state index in [1.54, 1.807) is 6.92 Å². The van der Waals surface area contributed by atoms with Crippen LogP contribution in [0.2, 0.25) is 0 Å². The molecule has 1 aliphatic heterocycles. The van der Waals surface area contributed by atoms with Crippen LogP contribution in [0.1, 0.15) is 39.5 Å². The summed E-state index contributed by atoms with van der Waals surface area (Å²) in [7, 11) is 0. The molecule has 0 unspecified atom stereocenters. The highest BCUT2D eigenvalue weighted by molar-refractivity contribution is 6.13. The first-order valence-electron chi connectivity index (χ1n) is 9.35. The van der Waals surface area contributed by atoms with Gasteiger partial charge in [-0.2, -0.15) is 0 Å². The Morgan fingerprint density at radius 2 is 1.72 bits per heavy atom. The highest BCUT2D eigenvalue weighted by atomic mass is 16.2. The Morgan fingerprint density at radius 1 is 1.10 bits per heavy atom. The van der Waals surface area contributed by atoms with Crippen LogP contribution in [0.5, 0.6) is 0 Å². The fraction of sp³-hybridized carbons (Fsp3) is 0.556. The number of nitrogens with zero attached hydrogens (tertiary/aromatic N) is 1. The van der Waals surface area contributed by atoms with Gasteiger partial charge in [-0.05, 0) is 19.8 Å². The molecule has 11 nitrogen and oxygen atoms in total. The Hall–Kier alpha value is -3.24. The second-order valence-electron chi connectivity index (χ2n) is 6.51. The molecular formula is C18H27N5O6. The van der Waals surface area contributed by atoms with Gasteiger partial charge < -0.3 is 21.7 Å². The molecule has 2 atom stereocenters. The SMILES string of the molecule is CCC(=O)[C@H](CCCNC(N)=O)NC(=O)[C@H](C)NC(=O)CCN1C(=O)C=CC1=O. The minimum atomic E-state index is -0.915. The highest BCUT2D eigenvalue weighted by Crippen LogP contribution is 2.05. The Bertz CT molecular complexity index is 687. The van der Waals surface area contributed by atoms with Gasteiger partial charge in [0.2, 0.25) is 11.8 Å². The number of nitrogens with one attached hydrogen (secondary N) is 3. The van der Waals surface area contributed by atoms with Gasteiger partial charge in [-0.25, -0.2) is 4.79 Å². The Kier molecular flexibility index (Phi) is 9.49. The number of rotatable bonds is 12. The van der Waals surface area contributed by atoms with Crippen molar-refractivity contribution >= 4 is 35.4 Å². The lowest BCUT2D eigenvalue weighted by molar-refractivity contribution is -0.137. The van der Waals surface area contributed by atoms with Crippen LogP contribution >= 0.6 is 0 Å². The normalized spacial score (nSPS) is 15.0. The minimum Gasteiger partial charge on any atom is -0.352 e. The first-order valence-corrected chi connectivity index (χ1v) is 9.35. The molecule has 0 bridgehead atoms. The first kappa shape index (κ1) is 23.8. The largest absolute Gasteiger partial charge is 0.352 e. The maximum Gasteiger partial charge on any atom is 0.312 e. The van der Waals surface area contributed by atoms with Crippen LogP contribution in [0.25, 0.3) is 0 Å². The lowest BCUT2D eigenvalue weighted by atomic mass is 10.0. The minimum absolute atomic E-state index is 0.0886. The van der Waals surface area contributed by atoms with Gasteiger partial charge in [-0.15, -0.1) is 0 Å². The van der Waals surface area contributed by atoms with Gasteiger partial charge in [-0.1, -0.05) is 6.92 Å². The number of primary amides is 1. The fourth-order valence-electron chi connectivity index (χ4n) is 2.62.